The van der Waals surface area contributed by atoms with Crippen molar-refractivity contribution in [1.82, 2.24) is 4.31 Å². The van der Waals surface area contributed by atoms with Crippen molar-refractivity contribution in [1.29, 1.82) is 0 Å². The average Bonchev–Trinajstić information content (AvgIpc) is 2.80. The predicted octanol–water partition coefficient (Wildman–Crippen LogP) is 1.98. The fourth-order valence-corrected chi connectivity index (χ4v) is 3.94. The lowest BCUT2D eigenvalue weighted by Crippen LogP contribution is -2.31. The first kappa shape index (κ1) is 15.5. The van der Waals surface area contributed by atoms with E-state index in [-0.39, 0.29) is 4.90 Å². The second-order valence-corrected chi connectivity index (χ2v) is 6.53. The maximum atomic E-state index is 12.8. The maximum absolute atomic E-state index is 12.8. The van der Waals surface area contributed by atoms with Gasteiger partial charge in [-0.1, -0.05) is 38.6 Å². The van der Waals surface area contributed by atoms with Crippen molar-refractivity contribution < 1.29 is 8.42 Å². The third-order valence-corrected chi connectivity index (χ3v) is 5.58. The zero-order chi connectivity index (χ0) is 15.6. The number of sulfonamides is 1. The van der Waals surface area contributed by atoms with Gasteiger partial charge in [-0.05, 0) is 6.07 Å². The summed E-state index contributed by atoms with van der Waals surface area (Å²) < 4.78 is 26.9. The molecule has 0 amide bonds. The standard InChI is InChI=1S/C15H19N3O2S/c1-4-18(5-2)21(19,20)14-9-7-6-8-12(14)13-10-17-15(16)11(13)3/h6-10H,3-5H2,1-2H3,(H2,16,17). The Labute approximate surface area is 125 Å². The van der Waals surface area contributed by atoms with Crippen LogP contribution >= 0.6 is 0 Å². The molecule has 21 heavy (non-hydrogen) atoms. The molecule has 0 aromatic heterocycles. The van der Waals surface area contributed by atoms with E-state index in [0.717, 1.165) is 0 Å². The number of amidine groups is 1. The summed E-state index contributed by atoms with van der Waals surface area (Å²) in [6, 6.07) is 6.86. The van der Waals surface area contributed by atoms with E-state index >= 15 is 0 Å². The van der Waals surface area contributed by atoms with Gasteiger partial charge in [0.25, 0.3) is 0 Å². The summed E-state index contributed by atoms with van der Waals surface area (Å²) in [4.78, 5) is 4.26. The van der Waals surface area contributed by atoms with Crippen molar-refractivity contribution in [3.63, 3.8) is 0 Å². The van der Waals surface area contributed by atoms with E-state index in [1.165, 1.54) is 4.31 Å². The molecule has 2 N–H and O–H groups in total. The van der Waals surface area contributed by atoms with E-state index in [9.17, 15) is 8.42 Å². The molecule has 1 aromatic rings. The summed E-state index contributed by atoms with van der Waals surface area (Å²) in [7, 11) is -3.55. The Morgan fingerprint density at radius 2 is 1.86 bits per heavy atom. The van der Waals surface area contributed by atoms with Crippen molar-refractivity contribution in [2.24, 2.45) is 10.7 Å². The molecule has 112 valence electrons. The summed E-state index contributed by atoms with van der Waals surface area (Å²) in [5.74, 6) is 0.319. The molecule has 0 bridgehead atoms. The highest BCUT2D eigenvalue weighted by Crippen LogP contribution is 2.32. The zero-order valence-corrected chi connectivity index (χ0v) is 13.0. The van der Waals surface area contributed by atoms with Gasteiger partial charge in [0.1, 0.15) is 5.84 Å². The van der Waals surface area contributed by atoms with E-state index in [2.05, 4.69) is 11.6 Å². The molecule has 0 atom stereocenters. The van der Waals surface area contributed by atoms with E-state index in [4.69, 9.17) is 5.73 Å². The normalized spacial score (nSPS) is 15.3. The molecule has 1 aromatic carbocycles. The van der Waals surface area contributed by atoms with Crippen LogP contribution in [0.3, 0.4) is 0 Å². The Morgan fingerprint density at radius 1 is 1.24 bits per heavy atom. The van der Waals surface area contributed by atoms with E-state index < -0.39 is 10.0 Å². The molecule has 0 aliphatic carbocycles. The smallest absolute Gasteiger partial charge is 0.243 e. The molecule has 2 rings (SSSR count). The fourth-order valence-electron chi connectivity index (χ4n) is 2.28. The Kier molecular flexibility index (Phi) is 4.29. The summed E-state index contributed by atoms with van der Waals surface area (Å²) in [5.41, 5.74) is 7.50. The van der Waals surface area contributed by atoms with Crippen molar-refractivity contribution in [3.8, 4) is 0 Å². The van der Waals surface area contributed by atoms with Crippen molar-refractivity contribution in [3.05, 3.63) is 48.2 Å². The Bertz CT molecular complexity index is 729. The topological polar surface area (TPSA) is 75.8 Å². The van der Waals surface area contributed by atoms with E-state index in [1.807, 2.05) is 13.8 Å². The number of aliphatic imine (C=N–C) groups is 1. The first-order valence-electron chi connectivity index (χ1n) is 6.76. The largest absolute Gasteiger partial charge is 0.383 e. The van der Waals surface area contributed by atoms with Gasteiger partial charge in [0.2, 0.25) is 10.0 Å². The SMILES string of the molecule is C=C1C(c2ccccc2S(=O)(=O)N(CC)CC)=CN=C1N. The Balaban J connectivity index is 2.56. The lowest BCUT2D eigenvalue weighted by molar-refractivity contribution is 0.445. The van der Waals surface area contributed by atoms with Crippen molar-refractivity contribution in [2.45, 2.75) is 18.7 Å². The summed E-state index contributed by atoms with van der Waals surface area (Å²) in [6.45, 7) is 8.35. The highest BCUT2D eigenvalue weighted by atomic mass is 32.2. The first-order chi connectivity index (χ1) is 9.93. The summed E-state index contributed by atoms with van der Waals surface area (Å²) in [6.07, 6.45) is 1.56. The van der Waals surface area contributed by atoms with Gasteiger partial charge in [-0.2, -0.15) is 4.31 Å². The van der Waals surface area contributed by atoms with Crippen LogP contribution in [-0.4, -0.2) is 31.6 Å². The van der Waals surface area contributed by atoms with E-state index in [1.54, 1.807) is 30.5 Å². The van der Waals surface area contributed by atoms with Crippen LogP contribution in [0, 0.1) is 0 Å². The van der Waals surface area contributed by atoms with Crippen molar-refractivity contribution >= 4 is 21.4 Å². The minimum absolute atomic E-state index is 0.256. The van der Waals surface area contributed by atoms with Crippen LogP contribution in [0.2, 0.25) is 0 Å². The molecule has 5 nitrogen and oxygen atoms in total. The lowest BCUT2D eigenvalue weighted by atomic mass is 10.0. The second-order valence-electron chi connectivity index (χ2n) is 4.62. The van der Waals surface area contributed by atoms with Gasteiger partial charge < -0.3 is 5.73 Å². The Hall–Kier alpha value is -1.92. The maximum Gasteiger partial charge on any atom is 0.243 e. The number of hydrogen-bond acceptors (Lipinski definition) is 4. The van der Waals surface area contributed by atoms with Gasteiger partial charge in [0, 0.05) is 36.0 Å². The summed E-state index contributed by atoms with van der Waals surface area (Å²) >= 11 is 0. The third kappa shape index (κ3) is 2.64. The van der Waals surface area contributed by atoms with E-state index in [0.29, 0.717) is 35.6 Å². The van der Waals surface area contributed by atoms with Crippen LogP contribution in [0.15, 0.2) is 52.5 Å². The highest BCUT2D eigenvalue weighted by Gasteiger charge is 2.27. The first-order valence-corrected chi connectivity index (χ1v) is 8.20. The van der Waals surface area contributed by atoms with Crippen molar-refractivity contribution in [2.75, 3.05) is 13.1 Å². The minimum Gasteiger partial charge on any atom is -0.383 e. The molecule has 0 saturated carbocycles. The minimum atomic E-state index is -3.55. The number of benzene rings is 1. The van der Waals surface area contributed by atoms with Crippen LogP contribution in [0.1, 0.15) is 19.4 Å². The number of nitrogens with two attached hydrogens (primary N) is 1. The second kappa shape index (κ2) is 5.83. The molecule has 6 heteroatoms. The monoisotopic (exact) mass is 305 g/mol. The van der Waals surface area contributed by atoms with Crippen LogP contribution in [0.4, 0.5) is 0 Å². The molecular formula is C15H19N3O2S. The molecule has 1 heterocycles. The fraction of sp³-hybridized carbons (Fsp3) is 0.267. The van der Waals surface area contributed by atoms with Gasteiger partial charge >= 0.3 is 0 Å². The van der Waals surface area contributed by atoms with Gasteiger partial charge in [-0.25, -0.2) is 13.4 Å². The molecule has 1 aliphatic rings. The number of rotatable bonds is 5. The molecular weight excluding hydrogens is 286 g/mol. The molecule has 0 fully saturated rings. The van der Waals surface area contributed by atoms with Crippen LogP contribution in [-0.2, 0) is 10.0 Å². The van der Waals surface area contributed by atoms with Crippen LogP contribution in [0.5, 0.6) is 0 Å². The third-order valence-electron chi connectivity index (χ3n) is 3.47. The van der Waals surface area contributed by atoms with Crippen LogP contribution in [0.25, 0.3) is 5.57 Å². The molecule has 0 spiro atoms. The molecule has 0 unspecified atom stereocenters. The number of nitrogens with zero attached hydrogens (tertiary/aromatic N) is 2. The summed E-state index contributed by atoms with van der Waals surface area (Å²) in [5, 5.41) is 0. The zero-order valence-electron chi connectivity index (χ0n) is 12.2. The quantitative estimate of drug-likeness (QED) is 0.904. The van der Waals surface area contributed by atoms with Gasteiger partial charge in [-0.15, -0.1) is 0 Å². The van der Waals surface area contributed by atoms with Gasteiger partial charge in [0.05, 0.1) is 4.90 Å². The van der Waals surface area contributed by atoms with Gasteiger partial charge in [-0.3, -0.25) is 0 Å². The molecule has 0 radical (unpaired) electrons. The lowest BCUT2D eigenvalue weighted by Gasteiger charge is -2.21. The van der Waals surface area contributed by atoms with Gasteiger partial charge in [0.15, 0.2) is 0 Å². The molecule has 0 saturated heterocycles. The highest BCUT2D eigenvalue weighted by molar-refractivity contribution is 7.89. The number of hydrogen-bond donors (Lipinski definition) is 1. The molecule has 1 aliphatic heterocycles. The predicted molar refractivity (Wildman–Crippen MR) is 85.3 cm³/mol. The Morgan fingerprint density at radius 3 is 2.38 bits per heavy atom. The van der Waals surface area contributed by atoms with Crippen LogP contribution < -0.4 is 5.73 Å². The average molecular weight is 305 g/mol.